The van der Waals surface area contributed by atoms with Crippen molar-refractivity contribution in [3.8, 4) is 5.75 Å². The number of hydrogen-bond acceptors (Lipinski definition) is 4. The van der Waals surface area contributed by atoms with Gasteiger partial charge in [0.05, 0.1) is 12.7 Å². The number of nitrogens with two attached hydrogens (primary N) is 1. The molecule has 0 radical (unpaired) electrons. The van der Waals surface area contributed by atoms with Crippen molar-refractivity contribution in [2.24, 2.45) is 0 Å². The summed E-state index contributed by atoms with van der Waals surface area (Å²) in [5, 5.41) is 9.25. The van der Waals surface area contributed by atoms with Gasteiger partial charge in [-0.1, -0.05) is 0 Å². The molecule has 0 spiro atoms. The molecule has 1 aliphatic rings. The maximum atomic E-state index is 9.25. The van der Waals surface area contributed by atoms with E-state index in [1.54, 1.807) is 0 Å². The summed E-state index contributed by atoms with van der Waals surface area (Å²) in [5.41, 5.74) is 7.71. The first-order valence-electron chi connectivity index (χ1n) is 7.05. The molecular formula is C15H24N2O2. The lowest BCUT2D eigenvalue weighted by Crippen LogP contribution is -2.42. The highest BCUT2D eigenvalue weighted by Crippen LogP contribution is 2.33. The van der Waals surface area contributed by atoms with Crippen molar-refractivity contribution in [3.63, 3.8) is 0 Å². The van der Waals surface area contributed by atoms with E-state index in [0.717, 1.165) is 11.4 Å². The highest BCUT2D eigenvalue weighted by Gasteiger charge is 2.25. The van der Waals surface area contributed by atoms with E-state index in [1.165, 1.54) is 19.3 Å². The number of nitrogens with zero attached hydrogens (tertiary/aromatic N) is 1. The van der Waals surface area contributed by atoms with Gasteiger partial charge in [-0.05, 0) is 39.2 Å². The molecule has 4 heteroatoms. The Hall–Kier alpha value is -1.42. The number of ether oxygens (including phenoxy) is 1. The molecule has 4 nitrogen and oxygen atoms in total. The van der Waals surface area contributed by atoms with E-state index in [9.17, 15) is 5.11 Å². The first kappa shape index (κ1) is 14.0. The van der Waals surface area contributed by atoms with Gasteiger partial charge in [-0.25, -0.2) is 0 Å². The Labute approximate surface area is 115 Å². The molecule has 0 aliphatic heterocycles. The molecule has 0 unspecified atom stereocenters. The number of rotatable bonds is 6. The number of aliphatic hydroxyl groups excluding tert-OH is 1. The smallest absolute Gasteiger partial charge is 0.123 e. The third kappa shape index (κ3) is 3.53. The van der Waals surface area contributed by atoms with Crippen molar-refractivity contribution >= 4 is 11.4 Å². The Balaban J connectivity index is 2.22. The largest absolute Gasteiger partial charge is 0.491 e. The highest BCUT2D eigenvalue weighted by atomic mass is 16.5. The Kier molecular flexibility index (Phi) is 4.53. The van der Waals surface area contributed by atoms with Crippen LogP contribution in [0.25, 0.3) is 0 Å². The van der Waals surface area contributed by atoms with Gasteiger partial charge in [0.1, 0.15) is 5.75 Å². The van der Waals surface area contributed by atoms with Crippen LogP contribution in [0.15, 0.2) is 18.2 Å². The number of aliphatic hydroxyl groups is 1. The topological polar surface area (TPSA) is 58.7 Å². The third-order valence-electron chi connectivity index (χ3n) is 3.47. The normalized spacial score (nSPS) is 15.4. The minimum Gasteiger partial charge on any atom is -0.491 e. The van der Waals surface area contributed by atoms with Crippen molar-refractivity contribution in [1.82, 2.24) is 0 Å². The molecule has 0 amide bonds. The van der Waals surface area contributed by atoms with Crippen molar-refractivity contribution < 1.29 is 9.84 Å². The molecular weight excluding hydrogens is 240 g/mol. The lowest BCUT2D eigenvalue weighted by atomic mass is 9.91. The quantitative estimate of drug-likeness (QED) is 0.775. The van der Waals surface area contributed by atoms with E-state index >= 15 is 0 Å². The zero-order valence-electron chi connectivity index (χ0n) is 11.8. The number of benzene rings is 1. The second kappa shape index (κ2) is 6.15. The zero-order valence-corrected chi connectivity index (χ0v) is 11.8. The maximum absolute atomic E-state index is 9.25. The first-order valence-corrected chi connectivity index (χ1v) is 7.05. The van der Waals surface area contributed by atoms with E-state index in [-0.39, 0.29) is 12.7 Å². The monoisotopic (exact) mass is 264 g/mol. The van der Waals surface area contributed by atoms with E-state index < -0.39 is 0 Å². The van der Waals surface area contributed by atoms with Crippen LogP contribution in [0.4, 0.5) is 11.4 Å². The predicted molar refractivity (Wildman–Crippen MR) is 78.7 cm³/mol. The summed E-state index contributed by atoms with van der Waals surface area (Å²) in [6.07, 6.45) is 3.78. The summed E-state index contributed by atoms with van der Waals surface area (Å²) in [6.45, 7) is 4.81. The third-order valence-corrected chi connectivity index (χ3v) is 3.47. The van der Waals surface area contributed by atoms with Gasteiger partial charge in [-0.15, -0.1) is 0 Å². The molecule has 106 valence electrons. The fraction of sp³-hybridized carbons (Fsp3) is 0.600. The van der Waals surface area contributed by atoms with E-state index in [4.69, 9.17) is 10.5 Å². The Morgan fingerprint density at radius 2 is 2.11 bits per heavy atom. The van der Waals surface area contributed by atoms with Gasteiger partial charge in [-0.3, -0.25) is 0 Å². The fourth-order valence-electron chi connectivity index (χ4n) is 2.44. The second-order valence-electron chi connectivity index (χ2n) is 5.43. The molecule has 1 aromatic rings. The number of anilines is 2. The summed E-state index contributed by atoms with van der Waals surface area (Å²) >= 11 is 0. The first-order chi connectivity index (χ1) is 9.10. The van der Waals surface area contributed by atoms with Crippen LogP contribution in [0, 0.1) is 0 Å². The molecule has 3 N–H and O–H groups in total. The lowest BCUT2D eigenvalue weighted by molar-refractivity contribution is 0.242. The van der Waals surface area contributed by atoms with Gasteiger partial charge in [0, 0.05) is 36.1 Å². The minimum atomic E-state index is 0.129. The van der Waals surface area contributed by atoms with Crippen molar-refractivity contribution in [1.29, 1.82) is 0 Å². The number of nitrogen functional groups attached to an aromatic ring is 1. The van der Waals surface area contributed by atoms with E-state index in [0.29, 0.717) is 18.3 Å². The average molecular weight is 264 g/mol. The molecule has 2 rings (SSSR count). The lowest BCUT2D eigenvalue weighted by Gasteiger charge is -2.39. The van der Waals surface area contributed by atoms with Crippen LogP contribution in [0.2, 0.25) is 0 Å². The van der Waals surface area contributed by atoms with Crippen molar-refractivity contribution in [2.45, 2.75) is 45.3 Å². The maximum Gasteiger partial charge on any atom is 0.123 e. The van der Waals surface area contributed by atoms with Crippen LogP contribution >= 0.6 is 0 Å². The van der Waals surface area contributed by atoms with Crippen LogP contribution < -0.4 is 15.4 Å². The molecule has 0 heterocycles. The molecule has 1 fully saturated rings. The predicted octanol–water partition coefficient (Wildman–Crippen LogP) is 2.41. The summed E-state index contributed by atoms with van der Waals surface area (Å²) in [5.74, 6) is 0.798. The van der Waals surface area contributed by atoms with Gasteiger partial charge in [-0.2, -0.15) is 0 Å². The van der Waals surface area contributed by atoms with Gasteiger partial charge >= 0.3 is 0 Å². The highest BCUT2D eigenvalue weighted by molar-refractivity contribution is 5.61. The average Bonchev–Trinajstić information content (AvgIpc) is 2.24. The zero-order chi connectivity index (χ0) is 13.8. The molecule has 0 saturated heterocycles. The minimum absolute atomic E-state index is 0.129. The molecule has 19 heavy (non-hydrogen) atoms. The van der Waals surface area contributed by atoms with Gasteiger partial charge < -0.3 is 20.5 Å². The van der Waals surface area contributed by atoms with Gasteiger partial charge in [0.15, 0.2) is 0 Å². The Morgan fingerprint density at radius 1 is 1.37 bits per heavy atom. The van der Waals surface area contributed by atoms with E-state index in [1.807, 2.05) is 32.0 Å². The second-order valence-corrected chi connectivity index (χ2v) is 5.43. The fourth-order valence-corrected chi connectivity index (χ4v) is 2.44. The molecule has 1 aliphatic carbocycles. The summed E-state index contributed by atoms with van der Waals surface area (Å²) < 4.78 is 5.73. The van der Waals surface area contributed by atoms with Gasteiger partial charge in [0.25, 0.3) is 0 Å². The standard InChI is InChI=1S/C15H24N2O2/c1-11(2)19-15-9-12(16)8-14(10-15)17(6-7-18)13-4-3-5-13/h8-11,13,18H,3-7,16H2,1-2H3. The van der Waals surface area contributed by atoms with Crippen molar-refractivity contribution in [3.05, 3.63) is 18.2 Å². The summed E-state index contributed by atoms with van der Waals surface area (Å²) in [6, 6.07) is 6.35. The van der Waals surface area contributed by atoms with Crippen LogP contribution in [-0.4, -0.2) is 30.4 Å². The molecule has 0 aromatic heterocycles. The molecule has 0 atom stereocenters. The van der Waals surface area contributed by atoms with Crippen LogP contribution in [0.3, 0.4) is 0 Å². The SMILES string of the molecule is CC(C)Oc1cc(N)cc(N(CCO)C2CCC2)c1. The van der Waals surface area contributed by atoms with Crippen LogP contribution in [0.1, 0.15) is 33.1 Å². The summed E-state index contributed by atoms with van der Waals surface area (Å²) in [4.78, 5) is 2.24. The molecule has 0 bridgehead atoms. The summed E-state index contributed by atoms with van der Waals surface area (Å²) in [7, 11) is 0. The number of hydrogen-bond donors (Lipinski definition) is 2. The Bertz CT molecular complexity index is 417. The molecule has 1 aromatic carbocycles. The van der Waals surface area contributed by atoms with Crippen LogP contribution in [-0.2, 0) is 0 Å². The Morgan fingerprint density at radius 3 is 2.63 bits per heavy atom. The van der Waals surface area contributed by atoms with Crippen LogP contribution in [0.5, 0.6) is 5.75 Å². The van der Waals surface area contributed by atoms with Crippen molar-refractivity contribution in [2.75, 3.05) is 23.8 Å². The van der Waals surface area contributed by atoms with Gasteiger partial charge in [0.2, 0.25) is 0 Å². The van der Waals surface area contributed by atoms with E-state index in [2.05, 4.69) is 4.90 Å². The molecule has 1 saturated carbocycles.